The Morgan fingerprint density at radius 2 is 2.21 bits per heavy atom. The van der Waals surface area contributed by atoms with E-state index in [1.54, 1.807) is 0 Å². The van der Waals surface area contributed by atoms with Crippen LogP contribution in [0, 0.1) is 6.92 Å². The summed E-state index contributed by atoms with van der Waals surface area (Å²) in [4.78, 5) is 4.54. The first-order valence-electron chi connectivity index (χ1n) is 6.62. The zero-order chi connectivity index (χ0) is 13.4. The molecule has 98 valence electrons. The number of aryl methyl sites for hydroxylation is 2. The van der Waals surface area contributed by atoms with E-state index in [9.17, 15) is 0 Å². The van der Waals surface area contributed by atoms with Gasteiger partial charge in [0.25, 0.3) is 0 Å². The molecule has 1 heterocycles. The van der Waals surface area contributed by atoms with Crippen LogP contribution < -0.4 is 5.73 Å². The van der Waals surface area contributed by atoms with Crippen molar-refractivity contribution in [2.24, 2.45) is 5.73 Å². The van der Waals surface area contributed by atoms with Gasteiger partial charge < -0.3 is 5.73 Å². The lowest BCUT2D eigenvalue weighted by Gasteiger charge is -2.20. The fourth-order valence-corrected chi connectivity index (χ4v) is 3.15. The Labute approximate surface area is 122 Å². The topological polar surface area (TPSA) is 38.9 Å². The maximum absolute atomic E-state index is 6.48. The standard InChI is InChI=1S/C16H17BrN2/c1-10-9-12(5-7-14(10)17)15(18)13-6-4-11-3-2-8-19-16(11)13/h2-3,5,7-9,13,15H,4,6,18H2,1H3. The summed E-state index contributed by atoms with van der Waals surface area (Å²) in [6.45, 7) is 2.10. The van der Waals surface area contributed by atoms with Crippen LogP contribution in [0.15, 0.2) is 41.0 Å². The minimum absolute atomic E-state index is 0.0305. The third kappa shape index (κ3) is 2.33. The average Bonchev–Trinajstić information content (AvgIpc) is 2.85. The second-order valence-electron chi connectivity index (χ2n) is 5.23. The highest BCUT2D eigenvalue weighted by Crippen LogP contribution is 2.39. The van der Waals surface area contributed by atoms with Crippen LogP contribution in [-0.4, -0.2) is 4.98 Å². The SMILES string of the molecule is Cc1cc(C(N)C2CCc3cccnc32)ccc1Br. The third-order valence-electron chi connectivity index (χ3n) is 4.00. The van der Waals surface area contributed by atoms with E-state index in [1.807, 2.05) is 12.3 Å². The fraction of sp³-hybridized carbons (Fsp3) is 0.312. The maximum Gasteiger partial charge on any atom is 0.0485 e. The predicted molar refractivity (Wildman–Crippen MR) is 81.1 cm³/mol. The lowest BCUT2D eigenvalue weighted by molar-refractivity contribution is 0.541. The smallest absolute Gasteiger partial charge is 0.0485 e. The summed E-state index contributed by atoms with van der Waals surface area (Å²) in [6.07, 6.45) is 4.07. The predicted octanol–water partition coefficient (Wildman–Crippen LogP) is 3.88. The molecule has 2 unspecified atom stereocenters. The van der Waals surface area contributed by atoms with E-state index in [0.29, 0.717) is 5.92 Å². The molecule has 0 fully saturated rings. The van der Waals surface area contributed by atoms with Crippen LogP contribution in [0.3, 0.4) is 0 Å². The lowest BCUT2D eigenvalue weighted by atomic mass is 9.91. The van der Waals surface area contributed by atoms with Gasteiger partial charge in [-0.1, -0.05) is 34.1 Å². The number of benzene rings is 1. The molecule has 19 heavy (non-hydrogen) atoms. The molecule has 0 aliphatic heterocycles. The van der Waals surface area contributed by atoms with Crippen LogP contribution in [-0.2, 0) is 6.42 Å². The van der Waals surface area contributed by atoms with Gasteiger partial charge in [0.05, 0.1) is 0 Å². The second kappa shape index (κ2) is 5.06. The molecule has 1 aromatic heterocycles. The number of pyridine rings is 1. The number of nitrogens with two attached hydrogens (primary N) is 1. The minimum Gasteiger partial charge on any atom is -0.323 e. The summed E-state index contributed by atoms with van der Waals surface area (Å²) in [7, 11) is 0. The van der Waals surface area contributed by atoms with Gasteiger partial charge in [-0.05, 0) is 48.6 Å². The quantitative estimate of drug-likeness (QED) is 0.913. The summed E-state index contributed by atoms with van der Waals surface area (Å²) in [6, 6.07) is 10.6. The van der Waals surface area contributed by atoms with E-state index in [0.717, 1.165) is 17.3 Å². The van der Waals surface area contributed by atoms with Gasteiger partial charge in [-0.15, -0.1) is 0 Å². The van der Waals surface area contributed by atoms with E-state index >= 15 is 0 Å². The number of hydrogen-bond donors (Lipinski definition) is 1. The number of halogens is 1. The minimum atomic E-state index is 0.0305. The maximum atomic E-state index is 6.48. The van der Waals surface area contributed by atoms with E-state index in [4.69, 9.17) is 5.73 Å². The molecule has 0 spiro atoms. The molecule has 3 heteroatoms. The Morgan fingerprint density at radius 3 is 3.00 bits per heavy atom. The van der Waals surface area contributed by atoms with Crippen LogP contribution in [0.25, 0.3) is 0 Å². The Bertz CT molecular complexity index is 609. The molecular formula is C16H17BrN2. The van der Waals surface area contributed by atoms with Gasteiger partial charge in [0.1, 0.15) is 0 Å². The van der Waals surface area contributed by atoms with Gasteiger partial charge in [0.15, 0.2) is 0 Å². The molecule has 1 aromatic carbocycles. The van der Waals surface area contributed by atoms with Gasteiger partial charge in [-0.2, -0.15) is 0 Å². The van der Waals surface area contributed by atoms with Crippen molar-refractivity contribution >= 4 is 15.9 Å². The normalized spacial score (nSPS) is 19.2. The van der Waals surface area contributed by atoms with Crippen LogP contribution in [0.2, 0.25) is 0 Å². The Morgan fingerprint density at radius 1 is 1.37 bits per heavy atom. The summed E-state index contributed by atoms with van der Waals surface area (Å²) in [5, 5.41) is 0. The first-order valence-corrected chi connectivity index (χ1v) is 7.41. The van der Waals surface area contributed by atoms with Crippen LogP contribution in [0.4, 0.5) is 0 Å². The van der Waals surface area contributed by atoms with Crippen molar-refractivity contribution in [1.82, 2.24) is 4.98 Å². The first kappa shape index (κ1) is 12.8. The molecule has 2 atom stereocenters. The number of aromatic nitrogens is 1. The van der Waals surface area contributed by atoms with Crippen molar-refractivity contribution in [3.8, 4) is 0 Å². The second-order valence-corrected chi connectivity index (χ2v) is 6.08. The largest absolute Gasteiger partial charge is 0.323 e. The van der Waals surface area contributed by atoms with Crippen LogP contribution in [0.5, 0.6) is 0 Å². The third-order valence-corrected chi connectivity index (χ3v) is 4.89. The molecule has 0 saturated carbocycles. The molecule has 2 N–H and O–H groups in total. The fourth-order valence-electron chi connectivity index (χ4n) is 2.90. The molecule has 0 bridgehead atoms. The van der Waals surface area contributed by atoms with Crippen molar-refractivity contribution in [3.63, 3.8) is 0 Å². The molecular weight excluding hydrogens is 300 g/mol. The monoisotopic (exact) mass is 316 g/mol. The van der Waals surface area contributed by atoms with Crippen molar-refractivity contribution in [2.75, 3.05) is 0 Å². The molecule has 0 amide bonds. The van der Waals surface area contributed by atoms with Crippen molar-refractivity contribution in [2.45, 2.75) is 31.7 Å². The highest BCUT2D eigenvalue weighted by molar-refractivity contribution is 9.10. The molecule has 0 radical (unpaired) electrons. The van der Waals surface area contributed by atoms with E-state index in [1.165, 1.54) is 22.4 Å². The summed E-state index contributed by atoms with van der Waals surface area (Å²) >= 11 is 3.53. The van der Waals surface area contributed by atoms with Gasteiger partial charge in [0.2, 0.25) is 0 Å². The van der Waals surface area contributed by atoms with Crippen LogP contribution >= 0.6 is 15.9 Å². The average molecular weight is 317 g/mol. The molecule has 0 saturated heterocycles. The summed E-state index contributed by atoms with van der Waals surface area (Å²) in [5.74, 6) is 0.344. The lowest BCUT2D eigenvalue weighted by Crippen LogP contribution is -2.19. The molecule has 2 aromatic rings. The Balaban J connectivity index is 1.93. The van der Waals surface area contributed by atoms with Crippen molar-refractivity contribution in [3.05, 3.63) is 63.4 Å². The van der Waals surface area contributed by atoms with Gasteiger partial charge in [0, 0.05) is 28.3 Å². The molecule has 1 aliphatic rings. The van der Waals surface area contributed by atoms with Crippen molar-refractivity contribution in [1.29, 1.82) is 0 Å². The number of fused-ring (bicyclic) bond motifs is 1. The Kier molecular flexibility index (Phi) is 3.42. The van der Waals surface area contributed by atoms with Gasteiger partial charge in [-0.3, -0.25) is 4.98 Å². The molecule has 2 nitrogen and oxygen atoms in total. The number of hydrogen-bond acceptors (Lipinski definition) is 2. The zero-order valence-corrected chi connectivity index (χ0v) is 12.5. The highest BCUT2D eigenvalue weighted by Gasteiger charge is 2.29. The van der Waals surface area contributed by atoms with E-state index < -0.39 is 0 Å². The summed E-state index contributed by atoms with van der Waals surface area (Å²) in [5.41, 5.74) is 11.5. The Hall–Kier alpha value is -1.19. The van der Waals surface area contributed by atoms with Gasteiger partial charge in [-0.25, -0.2) is 0 Å². The summed E-state index contributed by atoms with van der Waals surface area (Å²) < 4.78 is 1.13. The van der Waals surface area contributed by atoms with Crippen LogP contribution in [0.1, 0.15) is 40.8 Å². The first-order chi connectivity index (χ1) is 9.16. The van der Waals surface area contributed by atoms with Gasteiger partial charge >= 0.3 is 0 Å². The van der Waals surface area contributed by atoms with E-state index in [2.05, 4.69) is 52.1 Å². The highest BCUT2D eigenvalue weighted by atomic mass is 79.9. The van der Waals surface area contributed by atoms with E-state index in [-0.39, 0.29) is 6.04 Å². The van der Waals surface area contributed by atoms with Crippen molar-refractivity contribution < 1.29 is 0 Å². The number of nitrogens with zero attached hydrogens (tertiary/aromatic N) is 1. The number of rotatable bonds is 2. The zero-order valence-electron chi connectivity index (χ0n) is 10.9. The molecule has 3 rings (SSSR count). The molecule has 1 aliphatic carbocycles.